The molecule has 0 spiro atoms. The lowest BCUT2D eigenvalue weighted by atomic mass is 10.0. The van der Waals surface area contributed by atoms with Crippen LogP contribution in [0.4, 0.5) is 5.69 Å². The molecular formula is C20H23N3O5S. The van der Waals surface area contributed by atoms with Gasteiger partial charge in [0.2, 0.25) is 10.0 Å². The van der Waals surface area contributed by atoms with E-state index in [9.17, 15) is 23.3 Å². The van der Waals surface area contributed by atoms with Crippen LogP contribution in [0.2, 0.25) is 0 Å². The molecule has 0 bridgehead atoms. The number of nitro groups is 1. The minimum Gasteiger partial charge on any atom is -0.336 e. The Bertz CT molecular complexity index is 1010. The topological polar surface area (TPSA) is 101 Å². The van der Waals surface area contributed by atoms with Gasteiger partial charge in [0.1, 0.15) is 0 Å². The van der Waals surface area contributed by atoms with Gasteiger partial charge in [0.25, 0.3) is 11.6 Å². The van der Waals surface area contributed by atoms with Crippen molar-refractivity contribution in [3.63, 3.8) is 0 Å². The van der Waals surface area contributed by atoms with Crippen LogP contribution in [0.3, 0.4) is 0 Å². The monoisotopic (exact) mass is 417 g/mol. The van der Waals surface area contributed by atoms with Gasteiger partial charge in [-0.25, -0.2) is 8.42 Å². The fourth-order valence-corrected chi connectivity index (χ4v) is 4.87. The third-order valence-electron chi connectivity index (χ3n) is 5.03. The molecule has 0 aromatic heterocycles. The fraction of sp³-hybridized carbons (Fsp3) is 0.350. The second-order valence-electron chi connectivity index (χ2n) is 7.20. The van der Waals surface area contributed by atoms with Crippen molar-refractivity contribution in [1.82, 2.24) is 9.21 Å². The van der Waals surface area contributed by atoms with Gasteiger partial charge < -0.3 is 4.90 Å². The lowest BCUT2D eigenvalue weighted by Crippen LogP contribution is -2.50. The minimum atomic E-state index is -4.01. The van der Waals surface area contributed by atoms with Crippen molar-refractivity contribution < 1.29 is 18.1 Å². The zero-order chi connectivity index (χ0) is 21.2. The maximum atomic E-state index is 12.9. The van der Waals surface area contributed by atoms with Gasteiger partial charge in [-0.3, -0.25) is 14.9 Å². The van der Waals surface area contributed by atoms with Gasteiger partial charge in [0.15, 0.2) is 4.90 Å². The summed E-state index contributed by atoms with van der Waals surface area (Å²) in [5.41, 5.74) is 1.25. The number of hydrogen-bond donors (Lipinski definition) is 0. The Balaban J connectivity index is 1.71. The average molecular weight is 417 g/mol. The van der Waals surface area contributed by atoms with Crippen LogP contribution in [-0.4, -0.2) is 54.6 Å². The van der Waals surface area contributed by atoms with Crippen LogP contribution in [0, 0.1) is 10.1 Å². The van der Waals surface area contributed by atoms with Crippen molar-refractivity contribution in [2.24, 2.45) is 0 Å². The first-order valence-electron chi connectivity index (χ1n) is 9.34. The molecule has 29 heavy (non-hydrogen) atoms. The van der Waals surface area contributed by atoms with E-state index in [-0.39, 0.29) is 37.0 Å². The van der Waals surface area contributed by atoms with Gasteiger partial charge in [-0.15, -0.1) is 0 Å². The molecule has 2 aromatic rings. The quantitative estimate of drug-likeness (QED) is 0.550. The molecule has 1 saturated heterocycles. The van der Waals surface area contributed by atoms with Gasteiger partial charge in [-0.1, -0.05) is 38.1 Å². The van der Waals surface area contributed by atoms with Crippen molar-refractivity contribution in [3.8, 4) is 0 Å². The molecule has 0 saturated carbocycles. The fourth-order valence-electron chi connectivity index (χ4n) is 3.29. The standard InChI is InChI=1S/C20H23N3O5S/c1-15(2)16-7-9-17(10-8-16)20(24)21-11-13-22(14-12-21)29(27,28)19-6-4-3-5-18(19)23(25)26/h3-10,15H,11-14H2,1-2H3. The lowest BCUT2D eigenvalue weighted by Gasteiger charge is -2.34. The Morgan fingerprint density at radius 1 is 1.00 bits per heavy atom. The predicted octanol–water partition coefficient (Wildman–Crippen LogP) is 2.86. The number of rotatable bonds is 5. The molecule has 0 atom stereocenters. The Labute approximate surface area is 169 Å². The molecule has 0 unspecified atom stereocenters. The lowest BCUT2D eigenvalue weighted by molar-refractivity contribution is -0.387. The molecule has 1 heterocycles. The Hall–Kier alpha value is -2.78. The number of nitrogens with zero attached hydrogens (tertiary/aromatic N) is 3. The van der Waals surface area contributed by atoms with Crippen LogP contribution in [0.25, 0.3) is 0 Å². The highest BCUT2D eigenvalue weighted by Crippen LogP contribution is 2.27. The molecule has 1 amide bonds. The molecule has 1 fully saturated rings. The van der Waals surface area contributed by atoms with E-state index in [1.165, 1.54) is 28.6 Å². The highest BCUT2D eigenvalue weighted by Gasteiger charge is 2.34. The maximum absolute atomic E-state index is 12.9. The number of amides is 1. The molecule has 2 aromatic carbocycles. The smallest absolute Gasteiger partial charge is 0.289 e. The zero-order valence-corrected chi connectivity index (χ0v) is 17.1. The van der Waals surface area contributed by atoms with Gasteiger partial charge >= 0.3 is 0 Å². The largest absolute Gasteiger partial charge is 0.336 e. The zero-order valence-electron chi connectivity index (χ0n) is 16.3. The summed E-state index contributed by atoms with van der Waals surface area (Å²) in [5, 5.41) is 11.2. The maximum Gasteiger partial charge on any atom is 0.289 e. The second kappa shape index (κ2) is 8.30. The second-order valence-corrected chi connectivity index (χ2v) is 9.10. The van der Waals surface area contributed by atoms with Crippen molar-refractivity contribution >= 4 is 21.6 Å². The van der Waals surface area contributed by atoms with Gasteiger partial charge in [-0.2, -0.15) is 4.31 Å². The van der Waals surface area contributed by atoms with E-state index >= 15 is 0 Å². The highest BCUT2D eigenvalue weighted by atomic mass is 32.2. The third kappa shape index (κ3) is 4.30. The number of para-hydroxylation sites is 1. The average Bonchev–Trinajstić information content (AvgIpc) is 2.73. The molecule has 0 radical (unpaired) electrons. The summed E-state index contributed by atoms with van der Waals surface area (Å²) < 4.78 is 27.0. The van der Waals surface area contributed by atoms with E-state index in [1.807, 2.05) is 12.1 Å². The molecule has 8 nitrogen and oxygen atoms in total. The van der Waals surface area contributed by atoms with E-state index in [4.69, 9.17) is 0 Å². The van der Waals surface area contributed by atoms with E-state index in [1.54, 1.807) is 17.0 Å². The van der Waals surface area contributed by atoms with E-state index in [0.717, 1.165) is 5.56 Å². The summed E-state index contributed by atoms with van der Waals surface area (Å²) >= 11 is 0. The first kappa shape index (κ1) is 20.9. The van der Waals surface area contributed by atoms with Crippen molar-refractivity contribution in [1.29, 1.82) is 0 Å². The van der Waals surface area contributed by atoms with Crippen LogP contribution in [-0.2, 0) is 10.0 Å². The number of nitro benzene ring substituents is 1. The van der Waals surface area contributed by atoms with E-state index in [0.29, 0.717) is 11.5 Å². The number of carbonyl (C=O) groups excluding carboxylic acids is 1. The van der Waals surface area contributed by atoms with Gasteiger partial charge in [0.05, 0.1) is 4.92 Å². The summed E-state index contributed by atoms with van der Waals surface area (Å²) in [6.07, 6.45) is 0. The number of sulfonamides is 1. The predicted molar refractivity (Wildman–Crippen MR) is 108 cm³/mol. The molecule has 1 aliphatic heterocycles. The Kier molecular flexibility index (Phi) is 5.99. The van der Waals surface area contributed by atoms with Crippen molar-refractivity contribution in [2.45, 2.75) is 24.7 Å². The molecule has 3 rings (SSSR count). The number of hydrogen-bond acceptors (Lipinski definition) is 5. The normalized spacial score (nSPS) is 15.5. The van der Waals surface area contributed by atoms with Crippen LogP contribution in [0.1, 0.15) is 35.7 Å². The first-order chi connectivity index (χ1) is 13.7. The SMILES string of the molecule is CC(C)c1ccc(C(=O)N2CCN(S(=O)(=O)c3ccccc3[N+](=O)[O-])CC2)cc1. The third-order valence-corrected chi connectivity index (χ3v) is 6.98. The van der Waals surface area contributed by atoms with Gasteiger partial charge in [0, 0.05) is 37.8 Å². The Morgan fingerprint density at radius 3 is 2.14 bits per heavy atom. The van der Waals surface area contributed by atoms with Crippen LogP contribution in [0.5, 0.6) is 0 Å². The number of benzene rings is 2. The molecule has 154 valence electrons. The summed E-state index contributed by atoms with van der Waals surface area (Å²) in [5.74, 6) is 0.220. The van der Waals surface area contributed by atoms with Crippen molar-refractivity contribution in [2.75, 3.05) is 26.2 Å². The molecule has 0 N–H and O–H groups in total. The first-order valence-corrected chi connectivity index (χ1v) is 10.8. The Morgan fingerprint density at radius 2 is 1.59 bits per heavy atom. The van der Waals surface area contributed by atoms with E-state index in [2.05, 4.69) is 13.8 Å². The molecule has 0 aliphatic carbocycles. The summed E-state index contributed by atoms with van der Waals surface area (Å²) in [4.78, 5) is 24.5. The van der Waals surface area contributed by atoms with Gasteiger partial charge in [-0.05, 0) is 29.7 Å². The van der Waals surface area contributed by atoms with Crippen LogP contribution in [0.15, 0.2) is 53.4 Å². The number of carbonyl (C=O) groups is 1. The summed E-state index contributed by atoms with van der Waals surface area (Å²) in [7, 11) is -4.01. The molecule has 9 heteroatoms. The minimum absolute atomic E-state index is 0.0875. The number of piperazine rings is 1. The highest BCUT2D eigenvalue weighted by molar-refractivity contribution is 7.89. The van der Waals surface area contributed by atoms with Crippen LogP contribution < -0.4 is 0 Å². The molecule has 1 aliphatic rings. The van der Waals surface area contributed by atoms with Crippen molar-refractivity contribution in [3.05, 3.63) is 69.8 Å². The summed E-state index contributed by atoms with van der Waals surface area (Å²) in [6, 6.07) is 12.7. The van der Waals surface area contributed by atoms with E-state index < -0.39 is 20.6 Å². The summed E-state index contributed by atoms with van der Waals surface area (Å²) in [6.45, 7) is 4.78. The van der Waals surface area contributed by atoms with Crippen LogP contribution >= 0.6 is 0 Å². The molecular weight excluding hydrogens is 394 g/mol.